The first-order chi connectivity index (χ1) is 7.48. The molecule has 0 aromatic heterocycles. The molecule has 16 heavy (non-hydrogen) atoms. The summed E-state index contributed by atoms with van der Waals surface area (Å²) in [6.07, 6.45) is 1.97. The monoisotopic (exact) mass is 248 g/mol. The SMILES string of the molecule is CCNCC1CCN(S(=O)(=O)C(C)C)CC1. The Morgan fingerprint density at radius 1 is 1.31 bits per heavy atom. The van der Waals surface area contributed by atoms with Crippen molar-refractivity contribution in [2.75, 3.05) is 26.2 Å². The summed E-state index contributed by atoms with van der Waals surface area (Å²) in [7, 11) is -3.03. The van der Waals surface area contributed by atoms with E-state index < -0.39 is 10.0 Å². The third-order valence-corrected chi connectivity index (χ3v) is 5.49. The molecule has 1 heterocycles. The maximum atomic E-state index is 11.9. The van der Waals surface area contributed by atoms with Gasteiger partial charge >= 0.3 is 0 Å². The number of hydrogen-bond acceptors (Lipinski definition) is 3. The Balaban J connectivity index is 2.43. The molecule has 1 rings (SSSR count). The molecule has 0 aliphatic carbocycles. The molecule has 0 atom stereocenters. The first-order valence-corrected chi connectivity index (χ1v) is 7.68. The van der Waals surface area contributed by atoms with Gasteiger partial charge in [0.25, 0.3) is 0 Å². The second kappa shape index (κ2) is 5.98. The van der Waals surface area contributed by atoms with Crippen LogP contribution in [0.2, 0.25) is 0 Å². The minimum Gasteiger partial charge on any atom is -0.317 e. The van der Waals surface area contributed by atoms with Crippen LogP contribution in [0, 0.1) is 5.92 Å². The van der Waals surface area contributed by atoms with Gasteiger partial charge in [-0.1, -0.05) is 6.92 Å². The Kier molecular flexibility index (Phi) is 5.21. The van der Waals surface area contributed by atoms with Gasteiger partial charge in [0.15, 0.2) is 0 Å². The van der Waals surface area contributed by atoms with E-state index in [-0.39, 0.29) is 5.25 Å². The first-order valence-electron chi connectivity index (χ1n) is 6.18. The van der Waals surface area contributed by atoms with Crippen molar-refractivity contribution in [3.05, 3.63) is 0 Å². The predicted molar refractivity (Wildman–Crippen MR) is 66.9 cm³/mol. The summed E-state index contributed by atoms with van der Waals surface area (Å²) in [5, 5.41) is 3.03. The summed E-state index contributed by atoms with van der Waals surface area (Å²) < 4.78 is 25.5. The largest absolute Gasteiger partial charge is 0.317 e. The number of nitrogens with one attached hydrogen (secondary N) is 1. The molecule has 0 saturated carbocycles. The van der Waals surface area contributed by atoms with Crippen LogP contribution in [-0.2, 0) is 10.0 Å². The molecule has 1 fully saturated rings. The molecular formula is C11H24N2O2S. The van der Waals surface area contributed by atoms with Gasteiger partial charge in [0.05, 0.1) is 5.25 Å². The number of piperidine rings is 1. The van der Waals surface area contributed by atoms with Crippen LogP contribution in [0.15, 0.2) is 0 Å². The Labute approximate surface area is 99.5 Å². The van der Waals surface area contributed by atoms with E-state index in [1.54, 1.807) is 18.2 Å². The van der Waals surface area contributed by atoms with E-state index >= 15 is 0 Å². The lowest BCUT2D eigenvalue weighted by atomic mass is 9.98. The van der Waals surface area contributed by atoms with Crippen LogP contribution in [0.25, 0.3) is 0 Å². The minimum atomic E-state index is -3.03. The molecule has 1 aliphatic heterocycles. The minimum absolute atomic E-state index is 0.294. The highest BCUT2D eigenvalue weighted by Crippen LogP contribution is 2.20. The van der Waals surface area contributed by atoms with Gasteiger partial charge in [-0.05, 0) is 45.7 Å². The summed E-state index contributed by atoms with van der Waals surface area (Å²) in [5.74, 6) is 0.638. The van der Waals surface area contributed by atoms with Gasteiger partial charge < -0.3 is 5.32 Å². The third-order valence-electron chi connectivity index (χ3n) is 3.21. The lowest BCUT2D eigenvalue weighted by Gasteiger charge is -2.32. The molecule has 1 N–H and O–H groups in total. The maximum Gasteiger partial charge on any atom is 0.216 e. The highest BCUT2D eigenvalue weighted by atomic mass is 32.2. The van der Waals surface area contributed by atoms with E-state index in [0.717, 1.165) is 25.9 Å². The predicted octanol–water partition coefficient (Wildman–Crippen LogP) is 1.05. The van der Waals surface area contributed by atoms with Crippen LogP contribution < -0.4 is 5.32 Å². The summed E-state index contributed by atoms with van der Waals surface area (Å²) in [4.78, 5) is 0. The van der Waals surface area contributed by atoms with Crippen molar-refractivity contribution in [1.82, 2.24) is 9.62 Å². The molecule has 96 valence electrons. The Morgan fingerprint density at radius 2 is 1.88 bits per heavy atom. The van der Waals surface area contributed by atoms with Gasteiger partial charge in [0, 0.05) is 13.1 Å². The summed E-state index contributed by atoms with van der Waals surface area (Å²) in [5.41, 5.74) is 0. The van der Waals surface area contributed by atoms with Crippen molar-refractivity contribution in [3.8, 4) is 0 Å². The summed E-state index contributed by atoms with van der Waals surface area (Å²) >= 11 is 0. The molecule has 0 spiro atoms. The number of nitrogens with zero attached hydrogens (tertiary/aromatic N) is 1. The molecule has 5 heteroatoms. The zero-order valence-corrected chi connectivity index (χ0v) is 11.4. The van der Waals surface area contributed by atoms with Crippen molar-refractivity contribution in [1.29, 1.82) is 0 Å². The van der Waals surface area contributed by atoms with E-state index in [4.69, 9.17) is 0 Å². The van der Waals surface area contributed by atoms with Crippen molar-refractivity contribution < 1.29 is 8.42 Å². The second-order valence-corrected chi connectivity index (χ2v) is 7.23. The normalized spacial score (nSPS) is 20.5. The summed E-state index contributed by atoms with van der Waals surface area (Å²) in [6.45, 7) is 8.99. The quantitative estimate of drug-likeness (QED) is 0.791. The Morgan fingerprint density at radius 3 is 2.31 bits per heavy atom. The van der Waals surface area contributed by atoms with Crippen molar-refractivity contribution >= 4 is 10.0 Å². The molecule has 0 amide bonds. The van der Waals surface area contributed by atoms with Crippen LogP contribution in [0.3, 0.4) is 0 Å². The van der Waals surface area contributed by atoms with Crippen molar-refractivity contribution in [2.45, 2.75) is 38.9 Å². The highest BCUT2D eigenvalue weighted by molar-refractivity contribution is 7.89. The van der Waals surface area contributed by atoms with Gasteiger partial charge in [-0.2, -0.15) is 0 Å². The fraction of sp³-hybridized carbons (Fsp3) is 1.00. The van der Waals surface area contributed by atoms with E-state index in [2.05, 4.69) is 12.2 Å². The molecular weight excluding hydrogens is 224 g/mol. The fourth-order valence-electron chi connectivity index (χ4n) is 2.01. The topological polar surface area (TPSA) is 49.4 Å². The van der Waals surface area contributed by atoms with Crippen LogP contribution in [0.5, 0.6) is 0 Å². The van der Waals surface area contributed by atoms with E-state index in [1.165, 1.54) is 0 Å². The van der Waals surface area contributed by atoms with Crippen LogP contribution in [0.4, 0.5) is 0 Å². The standard InChI is InChI=1S/C11H24N2O2S/c1-4-12-9-11-5-7-13(8-6-11)16(14,15)10(2)3/h10-12H,4-9H2,1-3H3. The second-order valence-electron chi connectivity index (χ2n) is 4.74. The average Bonchev–Trinajstić information content (AvgIpc) is 2.26. The number of hydrogen-bond donors (Lipinski definition) is 1. The van der Waals surface area contributed by atoms with Gasteiger partial charge in [-0.25, -0.2) is 12.7 Å². The van der Waals surface area contributed by atoms with E-state index in [0.29, 0.717) is 19.0 Å². The highest BCUT2D eigenvalue weighted by Gasteiger charge is 2.29. The zero-order chi connectivity index (χ0) is 12.2. The maximum absolute atomic E-state index is 11.9. The molecule has 0 unspecified atom stereocenters. The lowest BCUT2D eigenvalue weighted by molar-refractivity contribution is 0.267. The van der Waals surface area contributed by atoms with Crippen LogP contribution in [-0.4, -0.2) is 44.2 Å². The number of rotatable bonds is 5. The Bertz CT molecular complexity index is 293. The molecule has 0 bridgehead atoms. The molecule has 4 nitrogen and oxygen atoms in total. The molecule has 0 radical (unpaired) electrons. The van der Waals surface area contributed by atoms with Crippen molar-refractivity contribution in [3.63, 3.8) is 0 Å². The Hall–Kier alpha value is -0.130. The zero-order valence-electron chi connectivity index (χ0n) is 10.6. The average molecular weight is 248 g/mol. The third kappa shape index (κ3) is 3.43. The van der Waals surface area contributed by atoms with Crippen molar-refractivity contribution in [2.24, 2.45) is 5.92 Å². The lowest BCUT2D eigenvalue weighted by Crippen LogP contribution is -2.43. The van der Waals surface area contributed by atoms with Gasteiger partial charge in [0.2, 0.25) is 10.0 Å². The van der Waals surface area contributed by atoms with Gasteiger partial charge in [-0.3, -0.25) is 0 Å². The van der Waals surface area contributed by atoms with Gasteiger partial charge in [0.1, 0.15) is 0 Å². The van der Waals surface area contributed by atoms with Crippen LogP contribution in [0.1, 0.15) is 33.6 Å². The fourth-order valence-corrected chi connectivity index (χ4v) is 3.33. The van der Waals surface area contributed by atoms with Gasteiger partial charge in [-0.15, -0.1) is 0 Å². The molecule has 0 aromatic carbocycles. The molecule has 0 aromatic rings. The van der Waals surface area contributed by atoms with E-state index in [1.807, 2.05) is 0 Å². The van der Waals surface area contributed by atoms with E-state index in [9.17, 15) is 8.42 Å². The number of sulfonamides is 1. The molecule has 1 saturated heterocycles. The van der Waals surface area contributed by atoms with Crippen LogP contribution >= 0.6 is 0 Å². The molecule has 1 aliphatic rings. The summed E-state index contributed by atoms with van der Waals surface area (Å²) in [6, 6.07) is 0. The smallest absolute Gasteiger partial charge is 0.216 e. The first kappa shape index (κ1) is 13.9.